The van der Waals surface area contributed by atoms with E-state index in [1.807, 2.05) is 61.8 Å². The van der Waals surface area contributed by atoms with Crippen molar-refractivity contribution in [3.05, 3.63) is 102 Å². The lowest BCUT2D eigenvalue weighted by molar-refractivity contribution is 0.0792. The monoisotopic (exact) mass is 533 g/mol. The van der Waals surface area contributed by atoms with E-state index in [-0.39, 0.29) is 12.0 Å². The Hall–Kier alpha value is -4.53. The molecule has 1 saturated heterocycles. The van der Waals surface area contributed by atoms with Gasteiger partial charge in [-0.3, -0.25) is 14.7 Å². The molecule has 40 heavy (non-hydrogen) atoms. The molecule has 0 unspecified atom stereocenters. The second-order valence-electron chi connectivity index (χ2n) is 10.3. The third-order valence-electron chi connectivity index (χ3n) is 7.26. The highest BCUT2D eigenvalue weighted by atomic mass is 16.5. The summed E-state index contributed by atoms with van der Waals surface area (Å²) >= 11 is 0. The number of pyridine rings is 2. The zero-order chi connectivity index (χ0) is 27.5. The first-order chi connectivity index (χ1) is 19.5. The highest BCUT2D eigenvalue weighted by Crippen LogP contribution is 2.28. The second kappa shape index (κ2) is 11.3. The molecule has 4 heterocycles. The van der Waals surface area contributed by atoms with Gasteiger partial charge in [-0.15, -0.1) is 0 Å². The molecule has 8 nitrogen and oxygen atoms in total. The van der Waals surface area contributed by atoms with Crippen LogP contribution in [-0.2, 0) is 6.54 Å². The minimum Gasteiger partial charge on any atom is -0.439 e. The van der Waals surface area contributed by atoms with Crippen LogP contribution in [0.2, 0.25) is 0 Å². The predicted octanol–water partition coefficient (Wildman–Crippen LogP) is 5.93. The van der Waals surface area contributed by atoms with Crippen molar-refractivity contribution in [3.63, 3.8) is 0 Å². The topological polar surface area (TPSA) is 103 Å². The highest BCUT2D eigenvalue weighted by Gasteiger charge is 2.18. The Kier molecular flexibility index (Phi) is 7.27. The van der Waals surface area contributed by atoms with Gasteiger partial charge in [0, 0.05) is 60.8 Å². The van der Waals surface area contributed by atoms with Crippen LogP contribution in [0.1, 0.15) is 34.3 Å². The Bertz CT molecular complexity index is 1620. The van der Waals surface area contributed by atoms with Crippen molar-refractivity contribution >= 4 is 22.5 Å². The maximum Gasteiger partial charge on any atom is 0.257 e. The molecule has 0 bridgehead atoms. The highest BCUT2D eigenvalue weighted by molar-refractivity contribution is 6.13. The third-order valence-corrected chi connectivity index (χ3v) is 7.26. The van der Waals surface area contributed by atoms with Gasteiger partial charge in [0.15, 0.2) is 0 Å². The van der Waals surface area contributed by atoms with Gasteiger partial charge in [0.1, 0.15) is 5.75 Å². The van der Waals surface area contributed by atoms with Gasteiger partial charge in [0.05, 0.1) is 23.6 Å². The lowest BCUT2D eigenvalue weighted by Crippen LogP contribution is -2.35. The number of hydrogen-bond acceptors (Lipinski definition) is 6. The molecule has 0 spiro atoms. The maximum absolute atomic E-state index is 13.2. The average Bonchev–Trinajstić information content (AvgIpc) is 3.40. The number of aliphatic hydroxyl groups is 1. The molecule has 8 heteroatoms. The smallest absolute Gasteiger partial charge is 0.257 e. The predicted molar refractivity (Wildman–Crippen MR) is 155 cm³/mol. The van der Waals surface area contributed by atoms with Crippen molar-refractivity contribution in [2.75, 3.05) is 18.4 Å². The average molecular weight is 534 g/mol. The molecule has 3 aromatic heterocycles. The zero-order valence-corrected chi connectivity index (χ0v) is 22.3. The van der Waals surface area contributed by atoms with E-state index in [4.69, 9.17) is 4.74 Å². The van der Waals surface area contributed by atoms with E-state index in [0.717, 1.165) is 65.6 Å². The quantitative estimate of drug-likeness (QED) is 0.239. The maximum atomic E-state index is 13.2. The van der Waals surface area contributed by atoms with Crippen molar-refractivity contribution in [2.24, 2.45) is 0 Å². The van der Waals surface area contributed by atoms with Crippen molar-refractivity contribution in [3.8, 4) is 22.8 Å². The Balaban J connectivity index is 1.16. The molecule has 0 radical (unpaired) electrons. The van der Waals surface area contributed by atoms with E-state index in [1.54, 1.807) is 24.5 Å². The van der Waals surface area contributed by atoms with E-state index in [9.17, 15) is 9.90 Å². The summed E-state index contributed by atoms with van der Waals surface area (Å²) in [6.45, 7) is 4.60. The molecule has 1 amide bonds. The van der Waals surface area contributed by atoms with Gasteiger partial charge in [-0.2, -0.15) is 0 Å². The van der Waals surface area contributed by atoms with E-state index in [2.05, 4.69) is 31.2 Å². The third kappa shape index (κ3) is 5.88. The molecule has 1 aliphatic heterocycles. The van der Waals surface area contributed by atoms with E-state index in [0.29, 0.717) is 22.9 Å². The number of fused-ring (bicyclic) bond motifs is 1. The van der Waals surface area contributed by atoms with E-state index >= 15 is 0 Å². The molecule has 5 aromatic rings. The van der Waals surface area contributed by atoms with Gasteiger partial charge in [-0.05, 0) is 67.3 Å². The van der Waals surface area contributed by atoms with E-state index < -0.39 is 0 Å². The molecule has 0 atom stereocenters. The number of aliphatic hydroxyl groups excluding tert-OH is 1. The first-order valence-corrected chi connectivity index (χ1v) is 13.5. The number of aryl methyl sites for hydroxylation is 1. The minimum absolute atomic E-state index is 0.186. The van der Waals surface area contributed by atoms with Crippen LogP contribution < -0.4 is 10.1 Å². The first-order valence-electron chi connectivity index (χ1n) is 13.5. The summed E-state index contributed by atoms with van der Waals surface area (Å²) in [7, 11) is 0. The van der Waals surface area contributed by atoms with Gasteiger partial charge in [0.25, 0.3) is 5.91 Å². The number of anilines is 1. The summed E-state index contributed by atoms with van der Waals surface area (Å²) in [5.74, 6) is 0.931. The summed E-state index contributed by atoms with van der Waals surface area (Å²) in [5.41, 5.74) is 6.28. The number of carbonyl (C=O) groups is 1. The van der Waals surface area contributed by atoms with Gasteiger partial charge < -0.3 is 20.1 Å². The van der Waals surface area contributed by atoms with Gasteiger partial charge in [-0.25, -0.2) is 4.98 Å². The van der Waals surface area contributed by atoms with Gasteiger partial charge in [-0.1, -0.05) is 23.8 Å². The number of ether oxygens (including phenoxy) is 1. The van der Waals surface area contributed by atoms with Crippen LogP contribution in [0, 0.1) is 6.92 Å². The number of amides is 1. The van der Waals surface area contributed by atoms with Crippen LogP contribution >= 0.6 is 0 Å². The number of nitrogens with zero attached hydrogens (tertiary/aromatic N) is 3. The second-order valence-corrected chi connectivity index (χ2v) is 10.3. The Morgan fingerprint density at radius 2 is 1.85 bits per heavy atom. The fourth-order valence-corrected chi connectivity index (χ4v) is 5.00. The molecule has 202 valence electrons. The lowest BCUT2D eigenvalue weighted by Gasteiger charge is -2.29. The number of piperidine rings is 1. The van der Waals surface area contributed by atoms with Crippen molar-refractivity contribution in [1.29, 1.82) is 0 Å². The minimum atomic E-state index is -0.225. The molecule has 3 N–H and O–H groups in total. The number of aromatic nitrogens is 3. The van der Waals surface area contributed by atoms with Crippen molar-refractivity contribution in [1.82, 2.24) is 19.9 Å². The zero-order valence-electron chi connectivity index (χ0n) is 22.3. The van der Waals surface area contributed by atoms with Crippen LogP contribution in [0.3, 0.4) is 0 Å². The summed E-state index contributed by atoms with van der Waals surface area (Å²) in [5, 5.41) is 13.6. The van der Waals surface area contributed by atoms with Crippen LogP contribution in [0.4, 0.5) is 5.69 Å². The number of H-pyrrole nitrogens is 1. The Labute approximate surface area is 232 Å². The molecular weight excluding hydrogens is 502 g/mol. The van der Waals surface area contributed by atoms with Crippen molar-refractivity contribution in [2.45, 2.75) is 32.4 Å². The fraction of sp³-hybridized carbons (Fsp3) is 0.219. The first kappa shape index (κ1) is 25.7. The van der Waals surface area contributed by atoms with Crippen molar-refractivity contribution < 1.29 is 14.6 Å². The number of rotatable bonds is 7. The molecule has 0 aliphatic carbocycles. The summed E-state index contributed by atoms with van der Waals surface area (Å²) < 4.78 is 5.79. The molecule has 1 aliphatic rings. The molecule has 2 aromatic carbocycles. The van der Waals surface area contributed by atoms with Gasteiger partial charge >= 0.3 is 0 Å². The number of aromatic amines is 1. The van der Waals surface area contributed by atoms with Crippen LogP contribution in [0.15, 0.2) is 85.5 Å². The summed E-state index contributed by atoms with van der Waals surface area (Å²) in [4.78, 5) is 27.6. The lowest BCUT2D eigenvalue weighted by atomic mass is 10.0. The summed E-state index contributed by atoms with van der Waals surface area (Å²) in [6.07, 6.45) is 8.49. The number of benzene rings is 2. The number of nitrogens with one attached hydrogen (secondary N) is 2. The van der Waals surface area contributed by atoms with Crippen LogP contribution in [0.5, 0.6) is 11.6 Å². The normalized spacial score (nSPS) is 14.3. The molecule has 0 saturated carbocycles. The van der Waals surface area contributed by atoms with Crippen LogP contribution in [0.25, 0.3) is 22.0 Å². The molecular formula is C32H31N5O3. The molecule has 6 rings (SSSR count). The van der Waals surface area contributed by atoms with Crippen LogP contribution in [-0.4, -0.2) is 50.1 Å². The Morgan fingerprint density at radius 3 is 2.62 bits per heavy atom. The number of carbonyl (C=O) groups excluding carboxylic acids is 1. The fourth-order valence-electron chi connectivity index (χ4n) is 5.00. The largest absolute Gasteiger partial charge is 0.439 e. The van der Waals surface area contributed by atoms with Gasteiger partial charge in [0.2, 0.25) is 5.88 Å². The van der Waals surface area contributed by atoms with E-state index in [1.165, 1.54) is 0 Å². The summed E-state index contributed by atoms with van der Waals surface area (Å²) in [6, 6.07) is 19.4. The Morgan fingerprint density at radius 1 is 1.02 bits per heavy atom. The number of likely N-dealkylation sites (tertiary alicyclic amines) is 1. The SMILES string of the molecule is Cc1ccc(Oc2ccc(NC(=O)c3c[nH]c4ccc(-c5cncc(CN6CCC(O)CC6)c5)cc34)cn2)cc1. The number of hydrogen-bond donors (Lipinski definition) is 3. The molecule has 1 fully saturated rings. The standard InChI is InChI=1S/C32H31N5O3/c1-21-2-6-27(7-3-21)40-31-9-5-25(18-35-31)36-32(39)29-19-34-30-8-4-23(15-28(29)30)24-14-22(16-33-17-24)20-37-12-10-26(38)11-13-37/h2-9,14-19,26,34,38H,10-13,20H2,1H3,(H,36,39).